The van der Waals surface area contributed by atoms with Crippen LogP contribution >= 0.6 is 11.8 Å². The normalized spacial score (nSPS) is 10.6. The summed E-state index contributed by atoms with van der Waals surface area (Å²) in [6, 6.07) is 3.56. The lowest BCUT2D eigenvalue weighted by Gasteiger charge is -2.05. The van der Waals surface area contributed by atoms with E-state index in [0.29, 0.717) is 10.6 Å². The molecule has 0 amide bonds. The Morgan fingerprint density at radius 1 is 1.20 bits per heavy atom. The van der Waals surface area contributed by atoms with Gasteiger partial charge in [-0.2, -0.15) is 0 Å². The van der Waals surface area contributed by atoms with Gasteiger partial charge in [-0.05, 0) is 18.6 Å². The molecule has 1 heterocycles. The van der Waals surface area contributed by atoms with E-state index in [2.05, 4.69) is 22.2 Å². The third-order valence-electron chi connectivity index (χ3n) is 2.53. The lowest BCUT2D eigenvalue weighted by molar-refractivity contribution is 0.565. The van der Waals surface area contributed by atoms with Gasteiger partial charge in [0.25, 0.3) is 0 Å². The fourth-order valence-electron chi connectivity index (χ4n) is 1.52. The molecular formula is C14H15F2N3S. The highest BCUT2D eigenvalue weighted by Gasteiger charge is 2.05. The van der Waals surface area contributed by atoms with Crippen LogP contribution in [0.1, 0.15) is 19.0 Å². The van der Waals surface area contributed by atoms with Gasteiger partial charge in [0.05, 0.1) is 18.1 Å². The molecule has 0 aliphatic rings. The zero-order chi connectivity index (χ0) is 14.4. The van der Waals surface area contributed by atoms with E-state index in [1.165, 1.54) is 23.9 Å². The largest absolute Gasteiger partial charge is 0.369 e. The first-order valence-corrected chi connectivity index (χ1v) is 7.30. The van der Waals surface area contributed by atoms with Gasteiger partial charge in [0.1, 0.15) is 17.5 Å². The van der Waals surface area contributed by atoms with Crippen molar-refractivity contribution in [1.82, 2.24) is 9.97 Å². The summed E-state index contributed by atoms with van der Waals surface area (Å²) >= 11 is 1.27. The monoisotopic (exact) mass is 295 g/mol. The van der Waals surface area contributed by atoms with Crippen LogP contribution in [0.15, 0.2) is 35.5 Å². The Labute approximate surface area is 120 Å². The van der Waals surface area contributed by atoms with E-state index in [9.17, 15) is 8.78 Å². The van der Waals surface area contributed by atoms with E-state index in [-0.39, 0.29) is 0 Å². The van der Waals surface area contributed by atoms with Crippen LogP contribution in [0.2, 0.25) is 0 Å². The van der Waals surface area contributed by atoms with E-state index in [4.69, 9.17) is 0 Å². The minimum Gasteiger partial charge on any atom is -0.369 e. The third kappa shape index (κ3) is 4.16. The molecule has 0 aliphatic heterocycles. The number of benzene rings is 1. The van der Waals surface area contributed by atoms with Gasteiger partial charge in [-0.15, -0.1) is 11.8 Å². The van der Waals surface area contributed by atoms with Gasteiger partial charge in [0, 0.05) is 23.3 Å². The Balaban J connectivity index is 1.93. The first-order chi connectivity index (χ1) is 9.69. The molecule has 0 saturated carbocycles. The average Bonchev–Trinajstić information content (AvgIpc) is 2.45. The molecule has 0 atom stereocenters. The molecule has 0 fully saturated rings. The number of anilines is 1. The molecule has 0 bridgehead atoms. The van der Waals surface area contributed by atoms with Crippen molar-refractivity contribution in [2.75, 3.05) is 11.9 Å². The van der Waals surface area contributed by atoms with Crippen LogP contribution in [0.3, 0.4) is 0 Å². The molecule has 1 aromatic carbocycles. The maximum absolute atomic E-state index is 13.4. The van der Waals surface area contributed by atoms with Crippen molar-refractivity contribution < 1.29 is 8.78 Å². The molecule has 1 aromatic heterocycles. The number of aromatic nitrogens is 2. The minimum atomic E-state index is -0.571. The topological polar surface area (TPSA) is 37.8 Å². The number of halogens is 2. The molecule has 2 rings (SSSR count). The van der Waals surface area contributed by atoms with Crippen LogP contribution < -0.4 is 5.32 Å². The molecule has 3 nitrogen and oxygen atoms in total. The number of hydrogen-bond acceptors (Lipinski definition) is 4. The second kappa shape index (κ2) is 7.19. The summed E-state index contributed by atoms with van der Waals surface area (Å²) in [5, 5.41) is 3.13. The summed E-state index contributed by atoms with van der Waals surface area (Å²) in [6.07, 6.45) is 4.34. The van der Waals surface area contributed by atoms with Gasteiger partial charge in [-0.3, -0.25) is 4.98 Å². The van der Waals surface area contributed by atoms with Crippen LogP contribution in [0.4, 0.5) is 14.6 Å². The number of nitrogens with one attached hydrogen (secondary N) is 1. The lowest BCUT2D eigenvalue weighted by atomic mass is 10.3. The molecule has 1 N–H and O–H groups in total. The van der Waals surface area contributed by atoms with Crippen molar-refractivity contribution in [3.05, 3.63) is 47.9 Å². The van der Waals surface area contributed by atoms with Crippen molar-refractivity contribution in [1.29, 1.82) is 0 Å². The van der Waals surface area contributed by atoms with Gasteiger partial charge in [-0.25, -0.2) is 13.8 Å². The number of nitrogens with zero attached hydrogens (tertiary/aromatic N) is 2. The summed E-state index contributed by atoms with van der Waals surface area (Å²) in [6.45, 7) is 2.92. The highest BCUT2D eigenvalue weighted by atomic mass is 32.2. The fraction of sp³-hybridized carbons (Fsp3) is 0.286. The zero-order valence-electron chi connectivity index (χ0n) is 11.1. The Bertz CT molecular complexity index is 561. The maximum atomic E-state index is 13.4. The predicted molar refractivity (Wildman–Crippen MR) is 76.7 cm³/mol. The number of rotatable bonds is 6. The SMILES string of the molecule is CCCNc1cnc(CSc2ccc(F)cc2F)cn1. The molecule has 20 heavy (non-hydrogen) atoms. The molecule has 0 radical (unpaired) electrons. The Hall–Kier alpha value is -1.69. The molecule has 106 valence electrons. The second-order valence-electron chi connectivity index (χ2n) is 4.18. The van der Waals surface area contributed by atoms with E-state index < -0.39 is 11.6 Å². The zero-order valence-corrected chi connectivity index (χ0v) is 11.9. The van der Waals surface area contributed by atoms with Crippen LogP contribution in [-0.4, -0.2) is 16.5 Å². The van der Waals surface area contributed by atoms with Crippen LogP contribution in [0, 0.1) is 11.6 Å². The van der Waals surface area contributed by atoms with Gasteiger partial charge in [-0.1, -0.05) is 6.92 Å². The first kappa shape index (κ1) is 14.7. The Morgan fingerprint density at radius 2 is 2.05 bits per heavy atom. The Kier molecular flexibility index (Phi) is 5.29. The van der Waals surface area contributed by atoms with Crippen LogP contribution in [0.5, 0.6) is 0 Å². The minimum absolute atomic E-state index is 0.404. The Morgan fingerprint density at radius 3 is 2.70 bits per heavy atom. The summed E-state index contributed by atoms with van der Waals surface area (Å²) in [4.78, 5) is 8.88. The number of hydrogen-bond donors (Lipinski definition) is 1. The molecule has 0 spiro atoms. The highest BCUT2D eigenvalue weighted by Crippen LogP contribution is 2.25. The fourth-order valence-corrected chi connectivity index (χ4v) is 2.33. The summed E-state index contributed by atoms with van der Waals surface area (Å²) in [5.41, 5.74) is 0.751. The van der Waals surface area contributed by atoms with Crippen molar-refractivity contribution >= 4 is 17.6 Å². The average molecular weight is 295 g/mol. The maximum Gasteiger partial charge on any atom is 0.144 e. The molecule has 0 saturated heterocycles. The summed E-state index contributed by atoms with van der Waals surface area (Å²) in [7, 11) is 0. The standard InChI is InChI=1S/C14H15F2N3S/c1-2-5-17-14-8-18-11(7-19-14)9-20-13-4-3-10(15)6-12(13)16/h3-4,6-8H,2,5,9H2,1H3,(H,17,19). The van der Waals surface area contributed by atoms with Crippen molar-refractivity contribution in [2.45, 2.75) is 24.0 Å². The third-order valence-corrected chi connectivity index (χ3v) is 3.61. The van der Waals surface area contributed by atoms with Gasteiger partial charge in [0.2, 0.25) is 0 Å². The molecule has 6 heteroatoms. The van der Waals surface area contributed by atoms with Crippen LogP contribution in [-0.2, 0) is 5.75 Å². The molecule has 2 aromatic rings. The van der Waals surface area contributed by atoms with E-state index in [1.807, 2.05) is 0 Å². The molecule has 0 unspecified atom stereocenters. The lowest BCUT2D eigenvalue weighted by Crippen LogP contribution is -2.02. The van der Waals surface area contributed by atoms with Crippen LogP contribution in [0.25, 0.3) is 0 Å². The molecule has 0 aliphatic carbocycles. The van der Waals surface area contributed by atoms with Crippen molar-refractivity contribution in [3.63, 3.8) is 0 Å². The quantitative estimate of drug-likeness (QED) is 0.821. The summed E-state index contributed by atoms with van der Waals surface area (Å²) in [5.74, 6) is 0.0969. The van der Waals surface area contributed by atoms with E-state index >= 15 is 0 Å². The summed E-state index contributed by atoms with van der Waals surface area (Å²) < 4.78 is 26.2. The highest BCUT2D eigenvalue weighted by molar-refractivity contribution is 7.98. The van der Waals surface area contributed by atoms with Crippen molar-refractivity contribution in [3.8, 4) is 0 Å². The van der Waals surface area contributed by atoms with Gasteiger partial charge < -0.3 is 5.32 Å². The molecular weight excluding hydrogens is 280 g/mol. The van der Waals surface area contributed by atoms with E-state index in [0.717, 1.165) is 30.5 Å². The first-order valence-electron chi connectivity index (χ1n) is 6.31. The smallest absolute Gasteiger partial charge is 0.144 e. The predicted octanol–water partition coefficient (Wildman–Crippen LogP) is 3.87. The van der Waals surface area contributed by atoms with Gasteiger partial charge in [0.15, 0.2) is 0 Å². The van der Waals surface area contributed by atoms with Crippen molar-refractivity contribution in [2.24, 2.45) is 0 Å². The number of thioether (sulfide) groups is 1. The van der Waals surface area contributed by atoms with E-state index in [1.54, 1.807) is 12.4 Å². The second-order valence-corrected chi connectivity index (χ2v) is 5.20. The van der Waals surface area contributed by atoms with Gasteiger partial charge >= 0.3 is 0 Å².